The minimum absolute atomic E-state index is 0.0459. The second-order valence-corrected chi connectivity index (χ2v) is 3.11. The maximum atomic E-state index is 12.7. The lowest BCUT2D eigenvalue weighted by molar-refractivity contribution is 0.443. The predicted molar refractivity (Wildman–Crippen MR) is 45.0 cm³/mol. The van der Waals surface area contributed by atoms with E-state index >= 15 is 0 Å². The molecular formula is C10H11F3. The van der Waals surface area contributed by atoms with Crippen molar-refractivity contribution in [3.05, 3.63) is 35.1 Å². The number of hydrogen-bond donors (Lipinski definition) is 0. The molecule has 0 spiro atoms. The molecule has 72 valence electrons. The third kappa shape index (κ3) is 2.02. The van der Waals surface area contributed by atoms with Gasteiger partial charge in [-0.25, -0.2) is 13.2 Å². The van der Waals surface area contributed by atoms with Crippen LogP contribution in [0.15, 0.2) is 12.1 Å². The summed E-state index contributed by atoms with van der Waals surface area (Å²) in [5.74, 6) is -3.58. The highest BCUT2D eigenvalue weighted by molar-refractivity contribution is 5.22. The Kier molecular flexibility index (Phi) is 2.96. The smallest absolute Gasteiger partial charge is 0.194 e. The van der Waals surface area contributed by atoms with E-state index in [1.165, 1.54) is 0 Å². The summed E-state index contributed by atoms with van der Waals surface area (Å²) < 4.78 is 38.0. The monoisotopic (exact) mass is 188 g/mol. The van der Waals surface area contributed by atoms with Crippen LogP contribution < -0.4 is 0 Å². The molecule has 0 fully saturated rings. The zero-order chi connectivity index (χ0) is 10.0. The Morgan fingerprint density at radius 3 is 2.00 bits per heavy atom. The highest BCUT2D eigenvalue weighted by Gasteiger charge is 2.12. The quantitative estimate of drug-likeness (QED) is 0.622. The molecule has 1 aromatic rings. The van der Waals surface area contributed by atoms with Crippen LogP contribution in [0.1, 0.15) is 31.7 Å². The summed E-state index contributed by atoms with van der Waals surface area (Å²) >= 11 is 0. The fourth-order valence-corrected chi connectivity index (χ4v) is 1.10. The van der Waals surface area contributed by atoms with Gasteiger partial charge in [0.05, 0.1) is 0 Å². The van der Waals surface area contributed by atoms with Gasteiger partial charge < -0.3 is 0 Å². The second kappa shape index (κ2) is 3.81. The molecule has 0 amide bonds. The zero-order valence-corrected chi connectivity index (χ0v) is 7.57. The Morgan fingerprint density at radius 1 is 1.15 bits per heavy atom. The van der Waals surface area contributed by atoms with Crippen molar-refractivity contribution >= 4 is 0 Å². The summed E-state index contributed by atoms with van der Waals surface area (Å²) in [6.45, 7) is 3.75. The summed E-state index contributed by atoms with van der Waals surface area (Å²) in [5, 5.41) is 0. The van der Waals surface area contributed by atoms with Crippen LogP contribution in [0.5, 0.6) is 0 Å². The molecule has 0 aliphatic rings. The topological polar surface area (TPSA) is 0 Å². The first-order valence-electron chi connectivity index (χ1n) is 4.20. The SMILES string of the molecule is CCC(C)c1cc(F)c(F)c(F)c1. The molecule has 0 aromatic heterocycles. The number of benzene rings is 1. The van der Waals surface area contributed by atoms with Crippen molar-refractivity contribution in [2.24, 2.45) is 0 Å². The van der Waals surface area contributed by atoms with E-state index < -0.39 is 17.5 Å². The van der Waals surface area contributed by atoms with Crippen LogP contribution in [0.25, 0.3) is 0 Å². The maximum Gasteiger partial charge on any atom is 0.194 e. The van der Waals surface area contributed by atoms with Crippen LogP contribution >= 0.6 is 0 Å². The van der Waals surface area contributed by atoms with Crippen molar-refractivity contribution < 1.29 is 13.2 Å². The molecule has 0 N–H and O–H groups in total. The highest BCUT2D eigenvalue weighted by Crippen LogP contribution is 2.22. The average Bonchev–Trinajstić information content (AvgIpc) is 2.12. The number of rotatable bonds is 2. The first-order chi connectivity index (χ1) is 6.06. The van der Waals surface area contributed by atoms with Gasteiger partial charge in [0, 0.05) is 0 Å². The Morgan fingerprint density at radius 2 is 1.62 bits per heavy atom. The van der Waals surface area contributed by atoms with Gasteiger partial charge >= 0.3 is 0 Å². The van der Waals surface area contributed by atoms with Crippen LogP contribution in [-0.2, 0) is 0 Å². The van der Waals surface area contributed by atoms with Crippen LogP contribution in [-0.4, -0.2) is 0 Å². The molecule has 13 heavy (non-hydrogen) atoms. The minimum atomic E-state index is -1.40. The first-order valence-corrected chi connectivity index (χ1v) is 4.20. The molecule has 1 rings (SSSR count). The van der Waals surface area contributed by atoms with Gasteiger partial charge in [-0.05, 0) is 30.0 Å². The van der Waals surface area contributed by atoms with E-state index in [0.717, 1.165) is 18.6 Å². The second-order valence-electron chi connectivity index (χ2n) is 3.11. The van der Waals surface area contributed by atoms with E-state index in [4.69, 9.17) is 0 Å². The lowest BCUT2D eigenvalue weighted by Gasteiger charge is -2.09. The predicted octanol–water partition coefficient (Wildman–Crippen LogP) is 3.62. The summed E-state index contributed by atoms with van der Waals surface area (Å²) in [4.78, 5) is 0. The van der Waals surface area contributed by atoms with Crippen molar-refractivity contribution in [2.45, 2.75) is 26.2 Å². The van der Waals surface area contributed by atoms with Gasteiger partial charge in [-0.1, -0.05) is 13.8 Å². The fraction of sp³-hybridized carbons (Fsp3) is 0.400. The first kappa shape index (κ1) is 10.1. The molecule has 0 aliphatic heterocycles. The molecule has 1 atom stereocenters. The lowest BCUT2D eigenvalue weighted by atomic mass is 9.98. The van der Waals surface area contributed by atoms with Crippen LogP contribution in [0, 0.1) is 17.5 Å². The molecule has 0 heterocycles. The molecule has 1 aromatic carbocycles. The van der Waals surface area contributed by atoms with Gasteiger partial charge in [0.25, 0.3) is 0 Å². The van der Waals surface area contributed by atoms with Gasteiger partial charge in [-0.15, -0.1) is 0 Å². The van der Waals surface area contributed by atoms with E-state index in [2.05, 4.69) is 0 Å². The maximum absolute atomic E-state index is 12.7. The summed E-state index contributed by atoms with van der Waals surface area (Å²) in [6, 6.07) is 2.10. The van der Waals surface area contributed by atoms with Crippen LogP contribution in [0.4, 0.5) is 13.2 Å². The molecule has 0 nitrogen and oxygen atoms in total. The third-order valence-electron chi connectivity index (χ3n) is 2.19. The van der Waals surface area contributed by atoms with Crippen LogP contribution in [0.2, 0.25) is 0 Å². The van der Waals surface area contributed by atoms with E-state index in [-0.39, 0.29) is 5.92 Å². The summed E-state index contributed by atoms with van der Waals surface area (Å²) in [6.07, 6.45) is 0.768. The van der Waals surface area contributed by atoms with Crippen molar-refractivity contribution in [3.8, 4) is 0 Å². The molecule has 0 saturated heterocycles. The molecule has 1 unspecified atom stereocenters. The lowest BCUT2D eigenvalue weighted by Crippen LogP contribution is -1.97. The Labute approximate surface area is 75.4 Å². The Hall–Kier alpha value is -0.990. The summed E-state index contributed by atoms with van der Waals surface area (Å²) in [7, 11) is 0. The largest absolute Gasteiger partial charge is 0.204 e. The normalized spacial score (nSPS) is 13.0. The number of hydrogen-bond acceptors (Lipinski definition) is 0. The Bertz CT molecular complexity index is 284. The molecule has 3 heteroatoms. The Balaban J connectivity index is 3.13. The zero-order valence-electron chi connectivity index (χ0n) is 7.57. The van der Waals surface area contributed by atoms with Gasteiger partial charge in [0.15, 0.2) is 17.5 Å². The van der Waals surface area contributed by atoms with Gasteiger partial charge in [0.1, 0.15) is 0 Å². The van der Waals surface area contributed by atoms with E-state index in [1.807, 2.05) is 13.8 Å². The van der Waals surface area contributed by atoms with Crippen molar-refractivity contribution in [3.63, 3.8) is 0 Å². The minimum Gasteiger partial charge on any atom is -0.204 e. The van der Waals surface area contributed by atoms with Crippen molar-refractivity contribution in [2.75, 3.05) is 0 Å². The van der Waals surface area contributed by atoms with Crippen LogP contribution in [0.3, 0.4) is 0 Å². The van der Waals surface area contributed by atoms with Gasteiger partial charge in [0.2, 0.25) is 0 Å². The molecule has 0 radical (unpaired) electrons. The number of halogens is 3. The van der Waals surface area contributed by atoms with Crippen molar-refractivity contribution in [1.29, 1.82) is 0 Å². The molecule has 0 aliphatic carbocycles. The third-order valence-corrected chi connectivity index (χ3v) is 2.19. The fourth-order valence-electron chi connectivity index (χ4n) is 1.10. The van der Waals surface area contributed by atoms with E-state index in [1.54, 1.807) is 0 Å². The molecular weight excluding hydrogens is 177 g/mol. The molecule has 0 bridgehead atoms. The van der Waals surface area contributed by atoms with E-state index in [0.29, 0.717) is 5.56 Å². The summed E-state index contributed by atoms with van der Waals surface area (Å²) in [5.41, 5.74) is 0.499. The molecule has 0 saturated carbocycles. The average molecular weight is 188 g/mol. The van der Waals surface area contributed by atoms with Gasteiger partial charge in [-0.2, -0.15) is 0 Å². The van der Waals surface area contributed by atoms with Crippen molar-refractivity contribution in [1.82, 2.24) is 0 Å². The van der Waals surface area contributed by atoms with Gasteiger partial charge in [-0.3, -0.25) is 0 Å². The standard InChI is InChI=1S/C10H11F3/c1-3-6(2)7-4-8(11)10(13)9(12)5-7/h4-6H,3H2,1-2H3. The highest BCUT2D eigenvalue weighted by atomic mass is 19.2. The van der Waals surface area contributed by atoms with E-state index in [9.17, 15) is 13.2 Å².